The summed E-state index contributed by atoms with van der Waals surface area (Å²) in [6.07, 6.45) is 6.29. The largest absolute Gasteiger partial charge is 0.450 e. The summed E-state index contributed by atoms with van der Waals surface area (Å²) >= 11 is 0. The van der Waals surface area contributed by atoms with Gasteiger partial charge < -0.3 is 20.3 Å². The molecule has 2 heterocycles. The zero-order valence-corrected chi connectivity index (χ0v) is 15.8. The van der Waals surface area contributed by atoms with Crippen LogP contribution in [0.1, 0.15) is 56.3 Å². The van der Waals surface area contributed by atoms with Crippen molar-refractivity contribution < 1.29 is 14.3 Å². The fraction of sp³-hybridized carbons (Fsp3) is 0.632. The molecule has 1 aromatic heterocycles. The molecule has 2 rings (SSSR count). The number of likely N-dealkylation sites (tertiary alicyclic amines) is 1. The molecule has 1 aliphatic rings. The highest BCUT2D eigenvalue weighted by atomic mass is 16.6. The van der Waals surface area contributed by atoms with Gasteiger partial charge in [-0.1, -0.05) is 19.8 Å². The number of anilines is 1. The van der Waals surface area contributed by atoms with E-state index in [4.69, 9.17) is 4.74 Å². The molecule has 2 N–H and O–H groups in total. The minimum absolute atomic E-state index is 0.0695. The van der Waals surface area contributed by atoms with Crippen LogP contribution in [-0.4, -0.2) is 54.2 Å². The lowest BCUT2D eigenvalue weighted by Gasteiger charge is -2.31. The number of piperidine rings is 1. The Kier molecular flexibility index (Phi) is 8.18. The Morgan fingerprint density at radius 3 is 2.62 bits per heavy atom. The van der Waals surface area contributed by atoms with Crippen molar-refractivity contribution in [3.05, 3.63) is 23.9 Å². The van der Waals surface area contributed by atoms with Crippen molar-refractivity contribution in [2.24, 2.45) is 0 Å². The molecule has 0 unspecified atom stereocenters. The van der Waals surface area contributed by atoms with Gasteiger partial charge in [0.15, 0.2) is 0 Å². The highest BCUT2D eigenvalue weighted by Crippen LogP contribution is 2.13. The number of nitrogens with one attached hydrogen (secondary N) is 2. The lowest BCUT2D eigenvalue weighted by atomic mass is 10.0. The van der Waals surface area contributed by atoms with Crippen LogP contribution in [0, 0.1) is 0 Å². The summed E-state index contributed by atoms with van der Waals surface area (Å²) in [5.41, 5.74) is 0.553. The minimum Gasteiger partial charge on any atom is -0.450 e. The Bertz CT molecular complexity index is 569. The fourth-order valence-corrected chi connectivity index (χ4v) is 2.91. The molecule has 7 heteroatoms. The third-order valence-corrected chi connectivity index (χ3v) is 4.47. The molecule has 7 nitrogen and oxygen atoms in total. The Hall–Kier alpha value is -2.31. The monoisotopic (exact) mass is 362 g/mol. The van der Waals surface area contributed by atoms with E-state index in [9.17, 15) is 9.59 Å². The number of hydrogen-bond acceptors (Lipinski definition) is 5. The van der Waals surface area contributed by atoms with E-state index in [1.807, 2.05) is 6.07 Å². The van der Waals surface area contributed by atoms with Crippen LogP contribution in [0.2, 0.25) is 0 Å². The summed E-state index contributed by atoms with van der Waals surface area (Å²) in [5.74, 6) is 0.671. The van der Waals surface area contributed by atoms with E-state index in [1.54, 1.807) is 24.1 Å². The number of aromatic nitrogens is 1. The van der Waals surface area contributed by atoms with Crippen molar-refractivity contribution in [3.8, 4) is 0 Å². The SMILES string of the molecule is CCCCCNc1ccc(C(=O)NC2CCN(C(=O)OCC)CC2)cn1. The van der Waals surface area contributed by atoms with Crippen LogP contribution in [-0.2, 0) is 4.74 Å². The highest BCUT2D eigenvalue weighted by molar-refractivity contribution is 5.94. The van der Waals surface area contributed by atoms with Gasteiger partial charge in [0.2, 0.25) is 0 Å². The maximum absolute atomic E-state index is 12.4. The number of carbonyl (C=O) groups is 2. The maximum Gasteiger partial charge on any atom is 0.409 e. The minimum atomic E-state index is -0.275. The van der Waals surface area contributed by atoms with E-state index in [2.05, 4.69) is 22.5 Å². The van der Waals surface area contributed by atoms with Gasteiger partial charge in [-0.2, -0.15) is 0 Å². The summed E-state index contributed by atoms with van der Waals surface area (Å²) in [4.78, 5) is 30.1. The number of unbranched alkanes of at least 4 members (excludes halogenated alkanes) is 2. The Morgan fingerprint density at radius 2 is 2.00 bits per heavy atom. The molecule has 0 atom stereocenters. The normalized spacial score (nSPS) is 14.8. The van der Waals surface area contributed by atoms with Crippen molar-refractivity contribution >= 4 is 17.8 Å². The molecular weight excluding hydrogens is 332 g/mol. The summed E-state index contributed by atoms with van der Waals surface area (Å²) < 4.78 is 5.01. The van der Waals surface area contributed by atoms with Crippen molar-refractivity contribution in [1.29, 1.82) is 0 Å². The average Bonchev–Trinajstić information content (AvgIpc) is 2.66. The Balaban J connectivity index is 1.75. The number of pyridine rings is 1. The first kappa shape index (κ1) is 20.0. The van der Waals surface area contributed by atoms with Crippen LogP contribution < -0.4 is 10.6 Å². The van der Waals surface area contributed by atoms with Crippen molar-refractivity contribution in [2.75, 3.05) is 31.6 Å². The molecule has 1 saturated heterocycles. The fourth-order valence-electron chi connectivity index (χ4n) is 2.91. The first-order chi connectivity index (χ1) is 12.6. The molecule has 0 aliphatic carbocycles. The third-order valence-electron chi connectivity index (χ3n) is 4.47. The third kappa shape index (κ3) is 6.20. The second kappa shape index (κ2) is 10.6. The number of amides is 2. The second-order valence-corrected chi connectivity index (χ2v) is 6.50. The standard InChI is InChI=1S/C19H30N4O3/c1-3-5-6-11-20-17-8-7-15(14-21-17)18(24)22-16-9-12-23(13-10-16)19(25)26-4-2/h7-8,14,16H,3-6,9-13H2,1-2H3,(H,20,21)(H,22,24). The first-order valence-corrected chi connectivity index (χ1v) is 9.56. The van der Waals surface area contributed by atoms with E-state index in [-0.39, 0.29) is 18.0 Å². The van der Waals surface area contributed by atoms with Gasteiger partial charge in [-0.15, -0.1) is 0 Å². The van der Waals surface area contributed by atoms with Crippen LogP contribution in [0.5, 0.6) is 0 Å². The van der Waals surface area contributed by atoms with Gasteiger partial charge in [0.05, 0.1) is 12.2 Å². The predicted octanol–water partition coefficient (Wildman–Crippen LogP) is 3.03. The number of hydrogen-bond donors (Lipinski definition) is 2. The number of rotatable bonds is 8. The molecule has 1 aliphatic heterocycles. The molecule has 2 amide bonds. The molecular formula is C19H30N4O3. The molecule has 1 fully saturated rings. The predicted molar refractivity (Wildman–Crippen MR) is 101 cm³/mol. The zero-order chi connectivity index (χ0) is 18.8. The lowest BCUT2D eigenvalue weighted by molar-refractivity contribution is 0.0860. The van der Waals surface area contributed by atoms with E-state index < -0.39 is 0 Å². The van der Waals surface area contributed by atoms with E-state index in [0.29, 0.717) is 25.3 Å². The van der Waals surface area contributed by atoms with Gasteiger partial charge in [-0.05, 0) is 38.3 Å². The molecule has 0 bridgehead atoms. The van der Waals surface area contributed by atoms with Crippen LogP contribution >= 0.6 is 0 Å². The van der Waals surface area contributed by atoms with Gasteiger partial charge in [0, 0.05) is 31.9 Å². The maximum atomic E-state index is 12.4. The Labute approximate surface area is 155 Å². The highest BCUT2D eigenvalue weighted by Gasteiger charge is 2.24. The van der Waals surface area contributed by atoms with Gasteiger partial charge in [-0.3, -0.25) is 4.79 Å². The molecule has 0 aromatic carbocycles. The van der Waals surface area contributed by atoms with E-state index in [1.165, 1.54) is 12.8 Å². The van der Waals surface area contributed by atoms with Crippen LogP contribution in [0.4, 0.5) is 10.6 Å². The van der Waals surface area contributed by atoms with Crippen molar-refractivity contribution in [3.63, 3.8) is 0 Å². The molecule has 1 aromatic rings. The smallest absolute Gasteiger partial charge is 0.409 e. The summed E-state index contributed by atoms with van der Waals surface area (Å²) in [6.45, 7) is 6.44. The molecule has 0 spiro atoms. The quantitative estimate of drug-likeness (QED) is 0.695. The number of carbonyl (C=O) groups excluding carboxylic acids is 2. The zero-order valence-electron chi connectivity index (χ0n) is 15.8. The van der Waals surface area contributed by atoms with Gasteiger partial charge in [0.25, 0.3) is 5.91 Å². The van der Waals surface area contributed by atoms with Crippen molar-refractivity contribution in [2.45, 2.75) is 52.0 Å². The summed E-state index contributed by atoms with van der Waals surface area (Å²) in [7, 11) is 0. The van der Waals surface area contributed by atoms with Gasteiger partial charge in [-0.25, -0.2) is 9.78 Å². The topological polar surface area (TPSA) is 83.6 Å². The molecule has 0 radical (unpaired) electrons. The van der Waals surface area contributed by atoms with Crippen molar-refractivity contribution in [1.82, 2.24) is 15.2 Å². The Morgan fingerprint density at radius 1 is 1.23 bits per heavy atom. The van der Waals surface area contributed by atoms with Crippen LogP contribution in [0.25, 0.3) is 0 Å². The lowest BCUT2D eigenvalue weighted by Crippen LogP contribution is -2.46. The van der Waals surface area contributed by atoms with Gasteiger partial charge >= 0.3 is 6.09 Å². The summed E-state index contributed by atoms with van der Waals surface area (Å²) in [6, 6.07) is 3.70. The number of ether oxygens (including phenoxy) is 1. The number of nitrogens with zero attached hydrogens (tertiary/aromatic N) is 2. The van der Waals surface area contributed by atoms with E-state index >= 15 is 0 Å². The first-order valence-electron chi connectivity index (χ1n) is 9.56. The van der Waals surface area contributed by atoms with Crippen LogP contribution in [0.15, 0.2) is 18.3 Å². The van der Waals surface area contributed by atoms with Crippen LogP contribution in [0.3, 0.4) is 0 Å². The van der Waals surface area contributed by atoms with Gasteiger partial charge in [0.1, 0.15) is 5.82 Å². The van der Waals surface area contributed by atoms with E-state index in [0.717, 1.165) is 31.6 Å². The molecule has 144 valence electrons. The average molecular weight is 362 g/mol. The molecule has 0 saturated carbocycles. The summed E-state index contributed by atoms with van der Waals surface area (Å²) in [5, 5.41) is 6.29. The molecule has 26 heavy (non-hydrogen) atoms. The second-order valence-electron chi connectivity index (χ2n) is 6.50.